The molecular formula is C12H8ClF2N3S. The highest BCUT2D eigenvalue weighted by Crippen LogP contribution is 2.29. The van der Waals surface area contributed by atoms with Crippen molar-refractivity contribution in [3.8, 4) is 0 Å². The smallest absolute Gasteiger partial charge is 0.151 e. The Labute approximate surface area is 118 Å². The van der Waals surface area contributed by atoms with Crippen LogP contribution in [0, 0.1) is 11.6 Å². The quantitative estimate of drug-likeness (QED) is 0.853. The molecule has 3 N–H and O–H groups in total. The van der Waals surface area contributed by atoms with E-state index in [9.17, 15) is 8.78 Å². The maximum atomic E-state index is 13.6. The molecule has 19 heavy (non-hydrogen) atoms. The SMILES string of the molecule is NC(=S)c1ccc(Nc2c(F)cc(F)cc2Cl)cn1. The van der Waals surface area contributed by atoms with Crippen LogP contribution in [-0.2, 0) is 0 Å². The lowest BCUT2D eigenvalue weighted by Gasteiger charge is -2.09. The standard InChI is InChI=1S/C12H8ClF2N3S/c13-8-3-6(14)4-9(15)11(8)18-7-1-2-10(12(16)19)17-5-7/h1-5,18H,(H2,16,19). The molecule has 0 fully saturated rings. The number of pyridine rings is 1. The second kappa shape index (κ2) is 5.46. The van der Waals surface area contributed by atoms with Crippen LogP contribution in [-0.4, -0.2) is 9.97 Å². The van der Waals surface area contributed by atoms with Gasteiger partial charge in [-0.3, -0.25) is 4.98 Å². The van der Waals surface area contributed by atoms with Crippen LogP contribution < -0.4 is 11.1 Å². The van der Waals surface area contributed by atoms with Gasteiger partial charge in [0.15, 0.2) is 5.82 Å². The molecule has 0 spiro atoms. The summed E-state index contributed by atoms with van der Waals surface area (Å²) in [5.41, 5.74) is 6.32. The van der Waals surface area contributed by atoms with Gasteiger partial charge >= 0.3 is 0 Å². The Morgan fingerprint density at radius 1 is 1.32 bits per heavy atom. The number of hydrogen-bond donors (Lipinski definition) is 2. The molecule has 0 radical (unpaired) electrons. The fraction of sp³-hybridized carbons (Fsp3) is 0. The minimum atomic E-state index is -0.788. The topological polar surface area (TPSA) is 50.9 Å². The predicted octanol–water partition coefficient (Wildman–Crippen LogP) is 3.39. The van der Waals surface area contributed by atoms with Crippen molar-refractivity contribution in [3.05, 3.63) is 52.8 Å². The van der Waals surface area contributed by atoms with E-state index in [4.69, 9.17) is 29.6 Å². The molecule has 0 bridgehead atoms. The Balaban J connectivity index is 2.29. The number of hydrogen-bond acceptors (Lipinski definition) is 3. The van der Waals surface area contributed by atoms with Gasteiger partial charge in [0, 0.05) is 6.07 Å². The van der Waals surface area contributed by atoms with Gasteiger partial charge in [0.2, 0.25) is 0 Å². The molecule has 0 saturated carbocycles. The Kier molecular flexibility index (Phi) is 3.92. The maximum Gasteiger partial charge on any atom is 0.151 e. The van der Waals surface area contributed by atoms with Gasteiger partial charge in [0.1, 0.15) is 10.8 Å². The summed E-state index contributed by atoms with van der Waals surface area (Å²) < 4.78 is 26.5. The van der Waals surface area contributed by atoms with Crippen molar-refractivity contribution >= 4 is 40.2 Å². The summed E-state index contributed by atoms with van der Waals surface area (Å²) in [4.78, 5) is 4.15. The average Bonchev–Trinajstić information content (AvgIpc) is 2.34. The van der Waals surface area contributed by atoms with Gasteiger partial charge in [-0.2, -0.15) is 0 Å². The number of halogens is 3. The second-order valence-corrected chi connectivity index (χ2v) is 4.51. The number of rotatable bonds is 3. The highest BCUT2D eigenvalue weighted by molar-refractivity contribution is 7.80. The maximum absolute atomic E-state index is 13.6. The van der Waals surface area contributed by atoms with Crippen LogP contribution in [0.3, 0.4) is 0 Å². The first-order chi connectivity index (χ1) is 8.97. The van der Waals surface area contributed by atoms with Crippen LogP contribution >= 0.6 is 23.8 Å². The highest BCUT2D eigenvalue weighted by Gasteiger charge is 2.10. The van der Waals surface area contributed by atoms with Gasteiger partial charge in [-0.15, -0.1) is 0 Å². The number of nitrogens with one attached hydrogen (secondary N) is 1. The van der Waals surface area contributed by atoms with Gasteiger partial charge in [0.05, 0.1) is 28.3 Å². The van der Waals surface area contributed by atoms with E-state index in [0.717, 1.165) is 12.1 Å². The minimum Gasteiger partial charge on any atom is -0.388 e. The molecule has 0 aliphatic heterocycles. The molecule has 0 atom stereocenters. The summed E-state index contributed by atoms with van der Waals surface area (Å²) >= 11 is 10.5. The number of nitrogens with zero attached hydrogens (tertiary/aromatic N) is 1. The van der Waals surface area contributed by atoms with Gasteiger partial charge in [-0.1, -0.05) is 23.8 Å². The van der Waals surface area contributed by atoms with Crippen molar-refractivity contribution in [2.45, 2.75) is 0 Å². The lowest BCUT2D eigenvalue weighted by Crippen LogP contribution is -2.11. The summed E-state index contributed by atoms with van der Waals surface area (Å²) in [6.07, 6.45) is 1.42. The Bertz CT molecular complexity index is 608. The Morgan fingerprint density at radius 2 is 2.05 bits per heavy atom. The summed E-state index contributed by atoms with van der Waals surface area (Å²) in [6.45, 7) is 0. The first-order valence-electron chi connectivity index (χ1n) is 5.15. The monoisotopic (exact) mass is 299 g/mol. The number of nitrogens with two attached hydrogens (primary N) is 1. The van der Waals surface area contributed by atoms with Crippen molar-refractivity contribution < 1.29 is 8.78 Å². The third-order valence-electron chi connectivity index (χ3n) is 2.29. The lowest BCUT2D eigenvalue weighted by molar-refractivity contribution is 0.586. The molecule has 0 aliphatic carbocycles. The fourth-order valence-electron chi connectivity index (χ4n) is 1.42. The second-order valence-electron chi connectivity index (χ2n) is 3.67. The summed E-state index contributed by atoms with van der Waals surface area (Å²) in [5.74, 6) is -1.53. The van der Waals surface area contributed by atoms with Gasteiger partial charge in [0.25, 0.3) is 0 Å². The molecule has 1 aromatic heterocycles. The van der Waals surface area contributed by atoms with Crippen molar-refractivity contribution in [3.63, 3.8) is 0 Å². The zero-order chi connectivity index (χ0) is 14.0. The van der Waals surface area contributed by atoms with Gasteiger partial charge in [-0.05, 0) is 18.2 Å². The molecule has 0 saturated heterocycles. The average molecular weight is 300 g/mol. The molecule has 0 aliphatic rings. The van der Waals surface area contributed by atoms with Crippen LogP contribution in [0.5, 0.6) is 0 Å². The Morgan fingerprint density at radius 3 is 2.58 bits per heavy atom. The minimum absolute atomic E-state index is 0.0204. The molecule has 7 heteroatoms. The van der Waals surface area contributed by atoms with Crippen molar-refractivity contribution in [1.29, 1.82) is 0 Å². The van der Waals surface area contributed by atoms with E-state index in [-0.39, 0.29) is 15.7 Å². The van der Waals surface area contributed by atoms with E-state index >= 15 is 0 Å². The van der Waals surface area contributed by atoms with E-state index in [2.05, 4.69) is 10.3 Å². The van der Waals surface area contributed by atoms with Crippen LogP contribution in [0.1, 0.15) is 5.69 Å². The molecule has 0 unspecified atom stereocenters. The predicted molar refractivity (Wildman–Crippen MR) is 74.8 cm³/mol. The summed E-state index contributed by atoms with van der Waals surface area (Å²) in [6, 6.07) is 4.95. The van der Waals surface area contributed by atoms with Crippen LogP contribution in [0.2, 0.25) is 5.02 Å². The van der Waals surface area contributed by atoms with E-state index in [1.54, 1.807) is 12.1 Å². The number of thiocarbonyl (C=S) groups is 1. The van der Waals surface area contributed by atoms with E-state index < -0.39 is 11.6 Å². The van der Waals surface area contributed by atoms with Crippen LogP contribution in [0.15, 0.2) is 30.5 Å². The molecule has 0 amide bonds. The Hall–Kier alpha value is -1.79. The van der Waals surface area contributed by atoms with Crippen LogP contribution in [0.25, 0.3) is 0 Å². The van der Waals surface area contributed by atoms with Crippen LogP contribution in [0.4, 0.5) is 20.2 Å². The molecule has 3 nitrogen and oxygen atoms in total. The summed E-state index contributed by atoms with van der Waals surface area (Å²) in [5, 5.41) is 2.65. The third kappa shape index (κ3) is 3.15. The molecule has 2 rings (SSSR count). The van der Waals surface area contributed by atoms with Crippen molar-refractivity contribution in [2.75, 3.05) is 5.32 Å². The molecule has 1 aromatic carbocycles. The number of aromatic nitrogens is 1. The summed E-state index contributed by atoms with van der Waals surface area (Å²) in [7, 11) is 0. The van der Waals surface area contributed by atoms with E-state index in [1.165, 1.54) is 6.20 Å². The molecule has 1 heterocycles. The first-order valence-corrected chi connectivity index (χ1v) is 5.93. The largest absolute Gasteiger partial charge is 0.388 e. The fourth-order valence-corrected chi connectivity index (χ4v) is 1.78. The van der Waals surface area contributed by atoms with Gasteiger partial charge < -0.3 is 11.1 Å². The van der Waals surface area contributed by atoms with Gasteiger partial charge in [-0.25, -0.2) is 8.78 Å². The van der Waals surface area contributed by atoms with E-state index in [0.29, 0.717) is 11.4 Å². The lowest BCUT2D eigenvalue weighted by atomic mass is 10.2. The van der Waals surface area contributed by atoms with Crippen molar-refractivity contribution in [1.82, 2.24) is 4.98 Å². The molecule has 98 valence electrons. The zero-order valence-electron chi connectivity index (χ0n) is 9.45. The van der Waals surface area contributed by atoms with Crippen molar-refractivity contribution in [2.24, 2.45) is 5.73 Å². The van der Waals surface area contributed by atoms with E-state index in [1.807, 2.05) is 0 Å². The first kappa shape index (κ1) is 13.6. The normalized spacial score (nSPS) is 10.3. The molecular weight excluding hydrogens is 292 g/mol. The molecule has 2 aromatic rings. The number of benzene rings is 1. The number of anilines is 2. The highest BCUT2D eigenvalue weighted by atomic mass is 35.5. The zero-order valence-corrected chi connectivity index (χ0v) is 11.0. The third-order valence-corrected chi connectivity index (χ3v) is 2.80.